The van der Waals surface area contributed by atoms with Crippen LogP contribution in [0.4, 0.5) is 0 Å². The first-order valence-corrected chi connectivity index (χ1v) is 7.41. The molecule has 0 saturated carbocycles. The van der Waals surface area contributed by atoms with Crippen molar-refractivity contribution in [3.63, 3.8) is 0 Å². The van der Waals surface area contributed by atoms with Crippen LogP contribution < -0.4 is 10.1 Å². The lowest BCUT2D eigenvalue weighted by molar-refractivity contribution is -0.135. The minimum absolute atomic E-state index is 0. The predicted octanol–water partition coefficient (Wildman–Crippen LogP) is 2.34. The van der Waals surface area contributed by atoms with Crippen LogP contribution in [0.2, 0.25) is 0 Å². The summed E-state index contributed by atoms with van der Waals surface area (Å²) in [6.45, 7) is 3.33. The summed E-state index contributed by atoms with van der Waals surface area (Å²) in [5.74, 6) is 1.38. The van der Waals surface area contributed by atoms with Gasteiger partial charge in [0.25, 0.3) is 0 Å². The minimum atomic E-state index is 0. The van der Waals surface area contributed by atoms with Gasteiger partial charge in [-0.05, 0) is 44.5 Å². The van der Waals surface area contributed by atoms with Gasteiger partial charge in [0.05, 0.1) is 6.61 Å². The Hall–Kier alpha value is -1.26. The maximum Gasteiger partial charge on any atom is 0.225 e. The second-order valence-corrected chi connectivity index (χ2v) is 5.30. The average Bonchev–Trinajstić information content (AvgIpc) is 2.52. The molecule has 0 atom stereocenters. The summed E-state index contributed by atoms with van der Waals surface area (Å²) >= 11 is 0. The largest absolute Gasteiger partial charge is 0.494 e. The lowest BCUT2D eigenvalue weighted by Crippen LogP contribution is -2.39. The van der Waals surface area contributed by atoms with E-state index in [2.05, 4.69) is 5.32 Å². The molecule has 0 aromatic heterocycles. The Kier molecular flexibility index (Phi) is 8.16. The van der Waals surface area contributed by atoms with E-state index in [0.29, 0.717) is 6.61 Å². The second-order valence-electron chi connectivity index (χ2n) is 5.30. The van der Waals surface area contributed by atoms with Gasteiger partial charge in [0, 0.05) is 19.5 Å². The first-order chi connectivity index (χ1) is 9.77. The molecular formula is C16H25ClN2O2. The van der Waals surface area contributed by atoms with Gasteiger partial charge in [-0.15, -0.1) is 12.4 Å². The number of nitrogens with one attached hydrogen (secondary N) is 1. The van der Waals surface area contributed by atoms with Crippen molar-refractivity contribution < 1.29 is 9.53 Å². The molecule has 0 aliphatic carbocycles. The quantitative estimate of drug-likeness (QED) is 0.820. The van der Waals surface area contributed by atoms with Gasteiger partial charge < -0.3 is 15.0 Å². The van der Waals surface area contributed by atoms with Crippen LogP contribution in [0, 0.1) is 5.92 Å². The molecule has 1 N–H and O–H groups in total. The standard InChI is InChI=1S/C16H24N2O2.ClH/c1-18(16(19)14-8-10-17-11-9-14)12-5-13-20-15-6-3-2-4-7-15;/h2-4,6-7,14,17H,5,8-13H2,1H3;1H. The normalized spacial score (nSPS) is 15.1. The highest BCUT2D eigenvalue weighted by Gasteiger charge is 2.23. The van der Waals surface area contributed by atoms with Crippen molar-refractivity contribution in [2.45, 2.75) is 19.3 Å². The van der Waals surface area contributed by atoms with Gasteiger partial charge in [-0.1, -0.05) is 18.2 Å². The van der Waals surface area contributed by atoms with E-state index in [4.69, 9.17) is 4.74 Å². The highest BCUT2D eigenvalue weighted by atomic mass is 35.5. The molecule has 1 aromatic rings. The summed E-state index contributed by atoms with van der Waals surface area (Å²) in [6.07, 6.45) is 2.79. The van der Waals surface area contributed by atoms with Gasteiger partial charge in [0.1, 0.15) is 5.75 Å². The maximum absolute atomic E-state index is 12.2. The first-order valence-electron chi connectivity index (χ1n) is 7.41. The minimum Gasteiger partial charge on any atom is -0.494 e. The molecule has 2 rings (SSSR count). The molecule has 5 heteroatoms. The highest BCUT2D eigenvalue weighted by molar-refractivity contribution is 5.85. The van der Waals surface area contributed by atoms with Crippen LogP contribution in [0.5, 0.6) is 5.75 Å². The topological polar surface area (TPSA) is 41.6 Å². The van der Waals surface area contributed by atoms with E-state index in [1.54, 1.807) is 0 Å². The van der Waals surface area contributed by atoms with E-state index in [9.17, 15) is 4.79 Å². The van der Waals surface area contributed by atoms with Gasteiger partial charge >= 0.3 is 0 Å². The summed E-state index contributed by atoms with van der Waals surface area (Å²) in [4.78, 5) is 14.1. The number of nitrogens with zero attached hydrogens (tertiary/aromatic N) is 1. The number of benzene rings is 1. The summed E-state index contributed by atoms with van der Waals surface area (Å²) in [5, 5.41) is 3.29. The predicted molar refractivity (Wildman–Crippen MR) is 87.0 cm³/mol. The molecule has 0 spiro atoms. The van der Waals surface area contributed by atoms with Crippen molar-refractivity contribution in [3.8, 4) is 5.75 Å². The number of carbonyl (C=O) groups excluding carboxylic acids is 1. The van der Waals surface area contributed by atoms with Crippen LogP contribution in [0.3, 0.4) is 0 Å². The summed E-state index contributed by atoms with van der Waals surface area (Å²) in [5.41, 5.74) is 0. The van der Waals surface area contributed by atoms with Gasteiger partial charge in [0.2, 0.25) is 5.91 Å². The van der Waals surface area contributed by atoms with Crippen molar-refractivity contribution in [1.29, 1.82) is 0 Å². The van der Waals surface area contributed by atoms with Crippen molar-refractivity contribution >= 4 is 18.3 Å². The molecule has 21 heavy (non-hydrogen) atoms. The van der Waals surface area contributed by atoms with Gasteiger partial charge in [-0.2, -0.15) is 0 Å². The fourth-order valence-corrected chi connectivity index (χ4v) is 2.50. The number of piperidine rings is 1. The number of rotatable bonds is 6. The Morgan fingerprint density at radius 3 is 2.62 bits per heavy atom. The van der Waals surface area contributed by atoms with E-state index < -0.39 is 0 Å². The van der Waals surface area contributed by atoms with Crippen LogP contribution in [-0.4, -0.2) is 44.1 Å². The van der Waals surface area contributed by atoms with Gasteiger partial charge in [-0.3, -0.25) is 4.79 Å². The van der Waals surface area contributed by atoms with Crippen LogP contribution in [-0.2, 0) is 4.79 Å². The molecule has 0 unspecified atom stereocenters. The number of hydrogen-bond donors (Lipinski definition) is 1. The van der Waals surface area contributed by atoms with E-state index in [1.807, 2.05) is 42.3 Å². The van der Waals surface area contributed by atoms with Crippen molar-refractivity contribution in [3.05, 3.63) is 30.3 Å². The third-order valence-corrected chi connectivity index (χ3v) is 3.71. The van der Waals surface area contributed by atoms with Crippen molar-refractivity contribution in [2.75, 3.05) is 33.3 Å². The first kappa shape index (κ1) is 17.8. The monoisotopic (exact) mass is 312 g/mol. The SMILES string of the molecule is CN(CCCOc1ccccc1)C(=O)C1CCNCC1.Cl. The molecule has 0 radical (unpaired) electrons. The van der Waals surface area contributed by atoms with E-state index in [-0.39, 0.29) is 24.2 Å². The number of hydrogen-bond acceptors (Lipinski definition) is 3. The number of carbonyl (C=O) groups is 1. The lowest BCUT2D eigenvalue weighted by atomic mass is 9.97. The van der Waals surface area contributed by atoms with Crippen LogP contribution in [0.1, 0.15) is 19.3 Å². The molecule has 1 aliphatic rings. The second kappa shape index (κ2) is 9.64. The molecule has 0 bridgehead atoms. The number of ether oxygens (including phenoxy) is 1. The molecule has 4 nitrogen and oxygen atoms in total. The summed E-state index contributed by atoms with van der Waals surface area (Å²) < 4.78 is 5.63. The number of para-hydroxylation sites is 1. The Labute approximate surface area is 133 Å². The van der Waals surface area contributed by atoms with E-state index >= 15 is 0 Å². The molecule has 1 aliphatic heterocycles. The van der Waals surface area contributed by atoms with Gasteiger partial charge in [-0.25, -0.2) is 0 Å². The average molecular weight is 313 g/mol. The maximum atomic E-state index is 12.2. The Balaban J connectivity index is 0.00000220. The van der Waals surface area contributed by atoms with E-state index in [1.165, 1.54) is 0 Å². The molecule has 1 amide bonds. The van der Waals surface area contributed by atoms with Crippen molar-refractivity contribution in [2.24, 2.45) is 5.92 Å². The Morgan fingerprint density at radius 1 is 1.29 bits per heavy atom. The third-order valence-electron chi connectivity index (χ3n) is 3.71. The molecule has 1 heterocycles. The number of amides is 1. The summed E-state index contributed by atoms with van der Waals surface area (Å²) in [6, 6.07) is 9.79. The smallest absolute Gasteiger partial charge is 0.225 e. The Bertz CT molecular complexity index is 408. The molecule has 1 fully saturated rings. The Morgan fingerprint density at radius 2 is 1.95 bits per heavy atom. The number of halogens is 1. The van der Waals surface area contributed by atoms with Crippen LogP contribution >= 0.6 is 12.4 Å². The summed E-state index contributed by atoms with van der Waals surface area (Å²) in [7, 11) is 1.90. The van der Waals surface area contributed by atoms with Crippen LogP contribution in [0.15, 0.2) is 30.3 Å². The van der Waals surface area contributed by atoms with Crippen molar-refractivity contribution in [1.82, 2.24) is 10.2 Å². The van der Waals surface area contributed by atoms with Crippen LogP contribution in [0.25, 0.3) is 0 Å². The lowest BCUT2D eigenvalue weighted by Gasteiger charge is -2.26. The van der Waals surface area contributed by atoms with E-state index in [0.717, 1.165) is 44.6 Å². The molecule has 1 saturated heterocycles. The molecule has 118 valence electrons. The zero-order valence-electron chi connectivity index (χ0n) is 12.6. The third kappa shape index (κ3) is 5.94. The zero-order valence-corrected chi connectivity index (χ0v) is 13.4. The molecular weight excluding hydrogens is 288 g/mol. The zero-order chi connectivity index (χ0) is 14.2. The fourth-order valence-electron chi connectivity index (χ4n) is 2.50. The highest BCUT2D eigenvalue weighted by Crippen LogP contribution is 2.14. The van der Waals surface area contributed by atoms with Gasteiger partial charge in [0.15, 0.2) is 0 Å². The fraction of sp³-hybridized carbons (Fsp3) is 0.562. The molecule has 1 aromatic carbocycles.